The fourth-order valence-electron chi connectivity index (χ4n) is 2.63. The van der Waals surface area contributed by atoms with E-state index in [1.165, 1.54) is 12.1 Å². The molecule has 0 aliphatic rings. The van der Waals surface area contributed by atoms with Gasteiger partial charge < -0.3 is 5.32 Å². The van der Waals surface area contributed by atoms with E-state index in [1.807, 2.05) is 6.07 Å². The first kappa shape index (κ1) is 20.8. The highest BCUT2D eigenvalue weighted by molar-refractivity contribution is 14.1. The number of carbonyl (C=O) groups is 1. The summed E-state index contributed by atoms with van der Waals surface area (Å²) in [5.74, 6) is -0.431. The van der Waals surface area contributed by atoms with Gasteiger partial charge in [0, 0.05) is 20.5 Å². The molecule has 29 heavy (non-hydrogen) atoms. The Hall–Kier alpha value is -2.90. The second-order valence-electron chi connectivity index (χ2n) is 6.24. The third-order valence-corrected chi connectivity index (χ3v) is 6.33. The number of hydrogen-bond acceptors (Lipinski definition) is 4. The second-order valence-corrected chi connectivity index (χ2v) is 9.14. The van der Waals surface area contributed by atoms with Crippen LogP contribution >= 0.6 is 22.6 Å². The number of anilines is 2. The molecule has 0 saturated carbocycles. The minimum absolute atomic E-state index is 0.0691. The first-order valence-corrected chi connectivity index (χ1v) is 11.1. The molecule has 0 spiro atoms. The van der Waals surface area contributed by atoms with Crippen LogP contribution in [0.3, 0.4) is 0 Å². The third-order valence-electron chi connectivity index (χ3n) is 4.09. The van der Waals surface area contributed by atoms with E-state index in [-0.39, 0.29) is 4.90 Å². The summed E-state index contributed by atoms with van der Waals surface area (Å²) in [5.41, 5.74) is 2.02. The van der Waals surface area contributed by atoms with Gasteiger partial charge in [-0.25, -0.2) is 8.42 Å². The van der Waals surface area contributed by atoms with Gasteiger partial charge in [0.1, 0.15) is 0 Å². The summed E-state index contributed by atoms with van der Waals surface area (Å²) in [6, 6.07) is 19.9. The molecule has 3 aromatic carbocycles. The Morgan fingerprint density at radius 3 is 2.38 bits per heavy atom. The summed E-state index contributed by atoms with van der Waals surface area (Å²) < 4.78 is 29.2. The standard InChI is InChI=1S/C21H16IN3O3S/c1-14-5-8-19(24-21(26)16-4-2-3-15(11-16)13-23)12-20(14)29(27,28)25-18-9-6-17(22)7-10-18/h2-12,25H,1H3,(H,24,26). The Balaban J connectivity index is 1.86. The number of carbonyl (C=O) groups excluding carboxylic acids is 1. The number of aryl methyl sites for hydroxylation is 1. The molecule has 0 aliphatic heterocycles. The molecule has 3 aromatic rings. The Morgan fingerprint density at radius 2 is 1.69 bits per heavy atom. The molecule has 3 rings (SSSR count). The van der Waals surface area contributed by atoms with Crippen molar-refractivity contribution in [3.63, 3.8) is 0 Å². The SMILES string of the molecule is Cc1ccc(NC(=O)c2cccc(C#N)c2)cc1S(=O)(=O)Nc1ccc(I)cc1. The number of amides is 1. The van der Waals surface area contributed by atoms with E-state index in [0.29, 0.717) is 28.1 Å². The van der Waals surface area contributed by atoms with Crippen molar-refractivity contribution in [2.75, 3.05) is 10.0 Å². The van der Waals surface area contributed by atoms with E-state index in [0.717, 1.165) is 3.57 Å². The molecule has 1 amide bonds. The molecule has 0 aromatic heterocycles. The van der Waals surface area contributed by atoms with Gasteiger partial charge in [-0.1, -0.05) is 12.1 Å². The number of hydrogen-bond donors (Lipinski definition) is 2. The van der Waals surface area contributed by atoms with Gasteiger partial charge in [0.15, 0.2) is 0 Å². The van der Waals surface area contributed by atoms with Gasteiger partial charge >= 0.3 is 0 Å². The highest BCUT2D eigenvalue weighted by Gasteiger charge is 2.18. The zero-order chi connectivity index (χ0) is 21.0. The number of nitriles is 1. The third kappa shape index (κ3) is 5.13. The molecule has 2 N–H and O–H groups in total. The Kier molecular flexibility index (Phi) is 6.20. The van der Waals surface area contributed by atoms with Crippen molar-refractivity contribution in [1.82, 2.24) is 0 Å². The largest absolute Gasteiger partial charge is 0.322 e. The van der Waals surface area contributed by atoms with Crippen molar-refractivity contribution >= 4 is 49.9 Å². The molecule has 0 radical (unpaired) electrons. The summed E-state index contributed by atoms with van der Waals surface area (Å²) in [7, 11) is -3.84. The van der Waals surface area contributed by atoms with E-state index in [1.54, 1.807) is 61.5 Å². The molecule has 0 bridgehead atoms. The van der Waals surface area contributed by atoms with Crippen LogP contribution in [-0.2, 0) is 10.0 Å². The van der Waals surface area contributed by atoms with Crippen molar-refractivity contribution < 1.29 is 13.2 Å². The Labute approximate surface area is 182 Å². The molecule has 0 unspecified atom stereocenters. The fraction of sp³-hybridized carbons (Fsp3) is 0.0476. The van der Waals surface area contributed by atoms with Gasteiger partial charge in [0.25, 0.3) is 15.9 Å². The van der Waals surface area contributed by atoms with E-state index in [4.69, 9.17) is 5.26 Å². The first-order valence-electron chi connectivity index (χ1n) is 8.49. The van der Waals surface area contributed by atoms with Crippen LogP contribution in [0.2, 0.25) is 0 Å². The van der Waals surface area contributed by atoms with Crippen LogP contribution in [0.4, 0.5) is 11.4 Å². The van der Waals surface area contributed by atoms with Crippen molar-refractivity contribution in [2.24, 2.45) is 0 Å². The lowest BCUT2D eigenvalue weighted by molar-refractivity contribution is 0.102. The highest BCUT2D eigenvalue weighted by Crippen LogP contribution is 2.24. The van der Waals surface area contributed by atoms with E-state index >= 15 is 0 Å². The lowest BCUT2D eigenvalue weighted by atomic mass is 10.1. The van der Waals surface area contributed by atoms with Gasteiger partial charge in [-0.3, -0.25) is 9.52 Å². The maximum Gasteiger partial charge on any atom is 0.262 e. The van der Waals surface area contributed by atoms with E-state index in [9.17, 15) is 13.2 Å². The van der Waals surface area contributed by atoms with Crippen LogP contribution in [0.1, 0.15) is 21.5 Å². The summed E-state index contributed by atoms with van der Waals surface area (Å²) in [6.45, 7) is 1.69. The minimum Gasteiger partial charge on any atom is -0.322 e. The summed E-state index contributed by atoms with van der Waals surface area (Å²) in [6.07, 6.45) is 0. The lowest BCUT2D eigenvalue weighted by Gasteiger charge is -2.13. The van der Waals surface area contributed by atoms with E-state index < -0.39 is 15.9 Å². The smallest absolute Gasteiger partial charge is 0.262 e. The lowest BCUT2D eigenvalue weighted by Crippen LogP contribution is -2.16. The van der Waals surface area contributed by atoms with Crippen molar-refractivity contribution in [1.29, 1.82) is 5.26 Å². The van der Waals surface area contributed by atoms with Crippen LogP contribution in [0.25, 0.3) is 0 Å². The van der Waals surface area contributed by atoms with Crippen LogP contribution in [0.15, 0.2) is 71.6 Å². The average molecular weight is 517 g/mol. The number of rotatable bonds is 5. The van der Waals surface area contributed by atoms with Crippen LogP contribution < -0.4 is 10.0 Å². The normalized spacial score (nSPS) is 10.8. The van der Waals surface area contributed by atoms with Crippen LogP contribution in [0.5, 0.6) is 0 Å². The van der Waals surface area contributed by atoms with Gasteiger partial charge in [0.05, 0.1) is 16.5 Å². The topological polar surface area (TPSA) is 99.1 Å². The molecule has 0 atom stereocenters. The summed E-state index contributed by atoms with van der Waals surface area (Å²) in [5, 5.41) is 11.6. The number of benzene rings is 3. The zero-order valence-electron chi connectivity index (χ0n) is 15.3. The fourth-order valence-corrected chi connectivity index (χ4v) is 4.32. The van der Waals surface area contributed by atoms with Crippen molar-refractivity contribution in [3.8, 4) is 6.07 Å². The maximum atomic E-state index is 12.8. The summed E-state index contributed by atoms with van der Waals surface area (Å²) >= 11 is 2.14. The highest BCUT2D eigenvalue weighted by atomic mass is 127. The predicted molar refractivity (Wildman–Crippen MR) is 120 cm³/mol. The number of halogens is 1. The first-order chi connectivity index (χ1) is 13.8. The molecular formula is C21H16IN3O3S. The molecule has 0 aliphatic carbocycles. The average Bonchev–Trinajstić information content (AvgIpc) is 2.71. The Bertz CT molecular complexity index is 1220. The van der Waals surface area contributed by atoms with Gasteiger partial charge in [-0.15, -0.1) is 0 Å². The molecule has 8 heteroatoms. The molecule has 0 saturated heterocycles. The predicted octanol–water partition coefficient (Wildman–Crippen LogP) is 4.52. The molecule has 146 valence electrons. The minimum atomic E-state index is -3.84. The molecular weight excluding hydrogens is 501 g/mol. The quantitative estimate of drug-likeness (QED) is 0.486. The van der Waals surface area contributed by atoms with Crippen molar-refractivity contribution in [3.05, 3.63) is 87.0 Å². The van der Waals surface area contributed by atoms with Gasteiger partial charge in [-0.05, 0) is 89.7 Å². The molecule has 6 nitrogen and oxygen atoms in total. The van der Waals surface area contributed by atoms with Crippen LogP contribution in [-0.4, -0.2) is 14.3 Å². The molecule has 0 heterocycles. The number of nitrogens with zero attached hydrogens (tertiary/aromatic N) is 1. The molecule has 0 fully saturated rings. The van der Waals surface area contributed by atoms with Crippen molar-refractivity contribution in [2.45, 2.75) is 11.8 Å². The number of sulfonamides is 1. The monoisotopic (exact) mass is 517 g/mol. The second kappa shape index (κ2) is 8.63. The number of nitrogens with one attached hydrogen (secondary N) is 2. The Morgan fingerprint density at radius 1 is 1.00 bits per heavy atom. The maximum absolute atomic E-state index is 12.8. The van der Waals surface area contributed by atoms with Gasteiger partial charge in [0.2, 0.25) is 0 Å². The summed E-state index contributed by atoms with van der Waals surface area (Å²) in [4.78, 5) is 12.5. The van der Waals surface area contributed by atoms with E-state index in [2.05, 4.69) is 32.6 Å². The van der Waals surface area contributed by atoms with Gasteiger partial charge in [-0.2, -0.15) is 5.26 Å². The zero-order valence-corrected chi connectivity index (χ0v) is 18.3. The van der Waals surface area contributed by atoms with Crippen LogP contribution in [0, 0.1) is 21.8 Å².